The number of benzene rings is 1. The van der Waals surface area contributed by atoms with Gasteiger partial charge < -0.3 is 9.80 Å². The van der Waals surface area contributed by atoms with Crippen LogP contribution in [-0.2, 0) is 4.79 Å². The lowest BCUT2D eigenvalue weighted by Crippen LogP contribution is -2.51. The molecule has 2 aliphatic heterocycles. The maximum absolute atomic E-state index is 12.3. The van der Waals surface area contributed by atoms with Crippen LogP contribution in [0, 0.1) is 0 Å². The molecule has 1 fully saturated rings. The average molecular weight is 287 g/mol. The van der Waals surface area contributed by atoms with Crippen molar-refractivity contribution in [1.29, 1.82) is 0 Å². The lowest BCUT2D eigenvalue weighted by atomic mass is 10.0. The summed E-state index contributed by atoms with van der Waals surface area (Å²) in [5, 5.41) is 0. The number of rotatable bonds is 3. The Balaban J connectivity index is 1.76. The van der Waals surface area contributed by atoms with Crippen LogP contribution in [0.15, 0.2) is 24.3 Å². The Morgan fingerprint density at radius 2 is 2.10 bits per heavy atom. The first kappa shape index (κ1) is 14.1. The van der Waals surface area contributed by atoms with Gasteiger partial charge in [-0.1, -0.05) is 25.1 Å². The average Bonchev–Trinajstić information content (AvgIpc) is 2.80. The minimum atomic E-state index is 0.0262. The van der Waals surface area contributed by atoms with Crippen molar-refractivity contribution in [3.05, 3.63) is 35.4 Å². The minimum Gasteiger partial charge on any atom is -0.337 e. The summed E-state index contributed by atoms with van der Waals surface area (Å²) >= 11 is 0. The molecule has 1 unspecified atom stereocenters. The van der Waals surface area contributed by atoms with Gasteiger partial charge in [-0.2, -0.15) is 0 Å². The van der Waals surface area contributed by atoms with Gasteiger partial charge in [-0.25, -0.2) is 0 Å². The molecule has 0 saturated carbocycles. The first-order valence-corrected chi connectivity index (χ1v) is 7.48. The van der Waals surface area contributed by atoms with E-state index in [1.807, 2.05) is 52.9 Å². The zero-order valence-corrected chi connectivity index (χ0v) is 12.6. The molecule has 0 radical (unpaired) electrons. The van der Waals surface area contributed by atoms with Gasteiger partial charge in [0.05, 0.1) is 12.6 Å². The highest BCUT2D eigenvalue weighted by Crippen LogP contribution is 2.35. The summed E-state index contributed by atoms with van der Waals surface area (Å²) in [5.41, 5.74) is 1.85. The van der Waals surface area contributed by atoms with E-state index in [9.17, 15) is 9.59 Å². The Kier molecular flexibility index (Phi) is 3.68. The third-order valence-corrected chi connectivity index (χ3v) is 4.49. The fourth-order valence-corrected chi connectivity index (χ4v) is 3.10. The van der Waals surface area contributed by atoms with Crippen LogP contribution in [0.25, 0.3) is 0 Å². The molecule has 1 aromatic carbocycles. The lowest BCUT2D eigenvalue weighted by molar-refractivity contribution is -0.134. The van der Waals surface area contributed by atoms with Crippen LogP contribution in [0.1, 0.15) is 28.9 Å². The van der Waals surface area contributed by atoms with Crippen molar-refractivity contribution in [2.24, 2.45) is 0 Å². The van der Waals surface area contributed by atoms with E-state index in [0.29, 0.717) is 26.2 Å². The summed E-state index contributed by atoms with van der Waals surface area (Å²) in [5.74, 6) is 0.254. The normalized spacial score (nSPS) is 20.7. The van der Waals surface area contributed by atoms with Crippen molar-refractivity contribution in [2.75, 3.05) is 39.8 Å². The molecule has 112 valence electrons. The van der Waals surface area contributed by atoms with E-state index in [0.717, 1.165) is 17.7 Å². The Morgan fingerprint density at radius 1 is 1.33 bits per heavy atom. The topological polar surface area (TPSA) is 43.9 Å². The largest absolute Gasteiger partial charge is 0.337 e. The molecule has 0 N–H and O–H groups in total. The van der Waals surface area contributed by atoms with E-state index in [-0.39, 0.29) is 17.9 Å². The van der Waals surface area contributed by atoms with Crippen LogP contribution >= 0.6 is 0 Å². The van der Waals surface area contributed by atoms with E-state index in [2.05, 4.69) is 0 Å². The number of nitrogens with zero attached hydrogens (tertiary/aromatic N) is 3. The maximum Gasteiger partial charge on any atom is 0.254 e. The molecule has 1 aromatic rings. The van der Waals surface area contributed by atoms with Crippen LogP contribution < -0.4 is 0 Å². The number of hydrogen-bond acceptors (Lipinski definition) is 3. The number of carbonyl (C=O) groups is 2. The lowest BCUT2D eigenvalue weighted by Gasteiger charge is -2.38. The fourth-order valence-electron chi connectivity index (χ4n) is 3.10. The molecule has 2 amide bonds. The molecule has 5 nitrogen and oxygen atoms in total. The Labute approximate surface area is 125 Å². The first-order chi connectivity index (χ1) is 10.1. The molecule has 2 aliphatic rings. The second-order valence-electron chi connectivity index (χ2n) is 5.77. The molecule has 0 spiro atoms. The van der Waals surface area contributed by atoms with Gasteiger partial charge in [0, 0.05) is 25.2 Å². The molecule has 3 rings (SSSR count). The molecule has 1 saturated heterocycles. The molecule has 21 heavy (non-hydrogen) atoms. The Morgan fingerprint density at radius 3 is 2.86 bits per heavy atom. The second kappa shape index (κ2) is 5.48. The monoisotopic (exact) mass is 287 g/mol. The molecule has 0 bridgehead atoms. The van der Waals surface area contributed by atoms with Crippen LogP contribution in [0.2, 0.25) is 0 Å². The van der Waals surface area contributed by atoms with Crippen molar-refractivity contribution in [2.45, 2.75) is 13.0 Å². The van der Waals surface area contributed by atoms with Crippen molar-refractivity contribution in [3.63, 3.8) is 0 Å². The molecule has 5 heteroatoms. The molecule has 2 heterocycles. The number of hydrogen-bond donors (Lipinski definition) is 0. The van der Waals surface area contributed by atoms with Gasteiger partial charge in [0.2, 0.25) is 5.91 Å². The highest BCUT2D eigenvalue weighted by molar-refractivity contribution is 5.99. The van der Waals surface area contributed by atoms with Crippen molar-refractivity contribution in [1.82, 2.24) is 14.7 Å². The van der Waals surface area contributed by atoms with E-state index in [1.165, 1.54) is 0 Å². The van der Waals surface area contributed by atoms with Gasteiger partial charge >= 0.3 is 0 Å². The smallest absolute Gasteiger partial charge is 0.254 e. The first-order valence-electron chi connectivity index (χ1n) is 7.48. The molecule has 1 atom stereocenters. The Hall–Kier alpha value is -1.88. The number of amides is 2. The van der Waals surface area contributed by atoms with Gasteiger partial charge in [-0.3, -0.25) is 14.5 Å². The van der Waals surface area contributed by atoms with Crippen molar-refractivity contribution >= 4 is 11.8 Å². The zero-order chi connectivity index (χ0) is 15.0. The standard InChI is InChI=1S/C16H21N3O2/c1-3-17(2)11-15(20)18-8-9-19-14(10-18)12-6-4-5-7-13(12)16(19)21/h4-7,14H,3,8-11H2,1-2H3. The summed E-state index contributed by atoms with van der Waals surface area (Å²) in [4.78, 5) is 30.5. The van der Waals surface area contributed by atoms with Gasteiger partial charge in [0.1, 0.15) is 0 Å². The summed E-state index contributed by atoms with van der Waals surface area (Å²) < 4.78 is 0. The number of carbonyl (C=O) groups excluding carboxylic acids is 2. The van der Waals surface area contributed by atoms with E-state index in [4.69, 9.17) is 0 Å². The molecule has 0 aliphatic carbocycles. The van der Waals surface area contributed by atoms with Gasteiger partial charge in [-0.15, -0.1) is 0 Å². The van der Waals surface area contributed by atoms with Gasteiger partial charge in [-0.05, 0) is 25.2 Å². The third kappa shape index (κ3) is 2.42. The Bertz CT molecular complexity index is 572. The van der Waals surface area contributed by atoms with Crippen LogP contribution in [0.5, 0.6) is 0 Å². The maximum atomic E-state index is 12.3. The highest BCUT2D eigenvalue weighted by Gasteiger charge is 2.40. The molecular formula is C16H21N3O2. The van der Waals surface area contributed by atoms with Crippen molar-refractivity contribution in [3.8, 4) is 0 Å². The second-order valence-corrected chi connectivity index (χ2v) is 5.77. The van der Waals surface area contributed by atoms with Crippen LogP contribution in [0.3, 0.4) is 0 Å². The zero-order valence-electron chi connectivity index (χ0n) is 12.6. The summed E-state index contributed by atoms with van der Waals surface area (Å²) in [6.07, 6.45) is 0. The summed E-state index contributed by atoms with van der Waals surface area (Å²) in [7, 11) is 1.95. The highest BCUT2D eigenvalue weighted by atomic mass is 16.2. The number of likely N-dealkylation sites (N-methyl/N-ethyl adjacent to an activating group) is 1. The SMILES string of the molecule is CCN(C)CC(=O)N1CCN2C(=O)c3ccccc3C2C1. The van der Waals surface area contributed by atoms with Crippen molar-refractivity contribution < 1.29 is 9.59 Å². The third-order valence-electron chi connectivity index (χ3n) is 4.49. The molecular weight excluding hydrogens is 266 g/mol. The quantitative estimate of drug-likeness (QED) is 0.832. The van der Waals surface area contributed by atoms with Crippen LogP contribution in [-0.4, -0.2) is 66.3 Å². The minimum absolute atomic E-state index is 0.0262. The van der Waals surface area contributed by atoms with E-state index >= 15 is 0 Å². The fraction of sp³-hybridized carbons (Fsp3) is 0.500. The number of fused-ring (bicyclic) bond motifs is 3. The summed E-state index contributed by atoms with van der Waals surface area (Å²) in [6, 6.07) is 7.77. The summed E-state index contributed by atoms with van der Waals surface area (Å²) in [6.45, 7) is 5.21. The van der Waals surface area contributed by atoms with Gasteiger partial charge in [0.15, 0.2) is 0 Å². The van der Waals surface area contributed by atoms with E-state index < -0.39 is 0 Å². The predicted molar refractivity (Wildman–Crippen MR) is 80.0 cm³/mol. The van der Waals surface area contributed by atoms with E-state index in [1.54, 1.807) is 0 Å². The molecule has 0 aromatic heterocycles. The number of piperazine rings is 1. The van der Waals surface area contributed by atoms with Gasteiger partial charge in [0.25, 0.3) is 5.91 Å². The predicted octanol–water partition coefficient (Wildman–Crippen LogP) is 0.977. The van der Waals surface area contributed by atoms with Crippen LogP contribution in [0.4, 0.5) is 0 Å².